The lowest BCUT2D eigenvalue weighted by atomic mass is 9.84. The number of anilines is 1. The number of nitrogens with one attached hydrogen (secondary N) is 2. The number of aromatic nitrogens is 1. The van der Waals surface area contributed by atoms with Crippen LogP contribution >= 0.6 is 11.3 Å². The highest BCUT2D eigenvalue weighted by molar-refractivity contribution is 7.14. The molecule has 6 nitrogen and oxygen atoms in total. The zero-order valence-corrected chi connectivity index (χ0v) is 20.8. The Hall–Kier alpha value is -3.32. The molecule has 1 aliphatic rings. The molecule has 2 N–H and O–H groups in total. The van der Waals surface area contributed by atoms with Gasteiger partial charge in [0.1, 0.15) is 12.3 Å². The van der Waals surface area contributed by atoms with Crippen molar-refractivity contribution in [3.63, 3.8) is 0 Å². The largest absolute Gasteiger partial charge is 0.456 e. The molecule has 2 aromatic carbocycles. The topological polar surface area (TPSA) is 92.1 Å². The molecule has 1 amide bonds. The second-order valence-corrected chi connectivity index (χ2v) is 9.78. The van der Waals surface area contributed by atoms with Crippen LogP contribution in [0.15, 0.2) is 60.0 Å². The summed E-state index contributed by atoms with van der Waals surface area (Å²) in [4.78, 5) is 29.8. The van der Waals surface area contributed by atoms with Gasteiger partial charge in [-0.3, -0.25) is 10.2 Å². The summed E-state index contributed by atoms with van der Waals surface area (Å²) in [6, 6.07) is 17.8. The summed E-state index contributed by atoms with van der Waals surface area (Å²) in [5.41, 5.74) is 3.67. The Kier molecular flexibility index (Phi) is 8.42. The van der Waals surface area contributed by atoms with E-state index in [2.05, 4.69) is 34.6 Å². The SMILES string of the molecule is CCC(C(=N)C(=O)OCc1ccccc1)C(=O)Nc1nc(-c2ccc(C3CCCCC3)cc2)cs1. The highest BCUT2D eigenvalue weighted by Crippen LogP contribution is 2.34. The van der Waals surface area contributed by atoms with E-state index in [-0.39, 0.29) is 12.3 Å². The van der Waals surface area contributed by atoms with E-state index in [1.807, 2.05) is 35.7 Å². The molecule has 0 bridgehead atoms. The fourth-order valence-corrected chi connectivity index (χ4v) is 5.20. The van der Waals surface area contributed by atoms with Gasteiger partial charge >= 0.3 is 5.97 Å². The van der Waals surface area contributed by atoms with Gasteiger partial charge in [-0.25, -0.2) is 9.78 Å². The molecule has 0 radical (unpaired) electrons. The van der Waals surface area contributed by atoms with E-state index in [0.29, 0.717) is 17.5 Å². The highest BCUT2D eigenvalue weighted by Gasteiger charge is 2.28. The maximum Gasteiger partial charge on any atom is 0.353 e. The number of hydrogen-bond donors (Lipinski definition) is 2. The van der Waals surface area contributed by atoms with E-state index in [9.17, 15) is 9.59 Å². The summed E-state index contributed by atoms with van der Waals surface area (Å²) >= 11 is 1.33. The molecule has 1 atom stereocenters. The first kappa shape index (κ1) is 24.8. The van der Waals surface area contributed by atoms with Crippen LogP contribution in [0.1, 0.15) is 62.5 Å². The van der Waals surface area contributed by atoms with Crippen LogP contribution < -0.4 is 5.32 Å². The van der Waals surface area contributed by atoms with Crippen LogP contribution in [0.2, 0.25) is 0 Å². The maximum atomic E-state index is 12.8. The van der Waals surface area contributed by atoms with E-state index in [4.69, 9.17) is 10.1 Å². The van der Waals surface area contributed by atoms with Crippen molar-refractivity contribution in [2.45, 2.75) is 58.0 Å². The summed E-state index contributed by atoms with van der Waals surface area (Å²) < 4.78 is 5.23. The average Bonchev–Trinajstić information content (AvgIpc) is 3.37. The molecule has 0 saturated heterocycles. The van der Waals surface area contributed by atoms with Crippen LogP contribution in [0.5, 0.6) is 0 Å². The summed E-state index contributed by atoms with van der Waals surface area (Å²) in [6.07, 6.45) is 6.80. The maximum absolute atomic E-state index is 12.8. The molecule has 35 heavy (non-hydrogen) atoms. The van der Waals surface area contributed by atoms with Gasteiger partial charge in [-0.15, -0.1) is 11.3 Å². The van der Waals surface area contributed by atoms with E-state index in [1.165, 1.54) is 49.0 Å². The van der Waals surface area contributed by atoms with Crippen molar-refractivity contribution in [3.05, 3.63) is 71.1 Å². The smallest absolute Gasteiger partial charge is 0.353 e. The minimum absolute atomic E-state index is 0.0650. The van der Waals surface area contributed by atoms with E-state index >= 15 is 0 Å². The third-order valence-corrected chi connectivity index (χ3v) is 7.28. The molecule has 0 spiro atoms. The van der Waals surface area contributed by atoms with Crippen molar-refractivity contribution in [2.24, 2.45) is 5.92 Å². The van der Waals surface area contributed by atoms with Crippen molar-refractivity contribution >= 4 is 34.1 Å². The second kappa shape index (κ2) is 11.9. The highest BCUT2D eigenvalue weighted by atomic mass is 32.1. The molecular weight excluding hydrogens is 458 g/mol. The van der Waals surface area contributed by atoms with Gasteiger partial charge in [0.15, 0.2) is 5.13 Å². The number of thiazole rings is 1. The molecule has 1 fully saturated rings. The molecule has 0 aliphatic heterocycles. The Labute approximate surface area is 210 Å². The Morgan fingerprint density at radius 2 is 1.80 bits per heavy atom. The second-order valence-electron chi connectivity index (χ2n) is 8.92. The first-order chi connectivity index (χ1) is 17.0. The number of esters is 1. The Morgan fingerprint density at radius 3 is 2.49 bits per heavy atom. The molecule has 3 aromatic rings. The zero-order valence-electron chi connectivity index (χ0n) is 20.0. The summed E-state index contributed by atoms with van der Waals surface area (Å²) in [7, 11) is 0. The lowest BCUT2D eigenvalue weighted by Crippen LogP contribution is -2.34. The predicted molar refractivity (Wildman–Crippen MR) is 140 cm³/mol. The number of amides is 1. The van der Waals surface area contributed by atoms with Crippen molar-refractivity contribution < 1.29 is 14.3 Å². The number of hydrogen-bond acceptors (Lipinski definition) is 6. The Balaban J connectivity index is 1.34. The molecule has 1 aromatic heterocycles. The van der Waals surface area contributed by atoms with Gasteiger partial charge < -0.3 is 10.1 Å². The minimum Gasteiger partial charge on any atom is -0.456 e. The van der Waals surface area contributed by atoms with Crippen molar-refractivity contribution in [1.82, 2.24) is 4.98 Å². The lowest BCUT2D eigenvalue weighted by Gasteiger charge is -2.22. The van der Waals surface area contributed by atoms with Crippen molar-refractivity contribution in [1.29, 1.82) is 5.41 Å². The molecule has 182 valence electrons. The fraction of sp³-hybridized carbons (Fsp3) is 0.357. The molecule has 7 heteroatoms. The number of benzene rings is 2. The third-order valence-electron chi connectivity index (χ3n) is 6.52. The molecule has 1 heterocycles. The number of nitrogens with zero attached hydrogens (tertiary/aromatic N) is 1. The first-order valence-electron chi connectivity index (χ1n) is 12.2. The summed E-state index contributed by atoms with van der Waals surface area (Å²) in [5, 5.41) is 13.3. The normalized spacial score (nSPS) is 14.8. The summed E-state index contributed by atoms with van der Waals surface area (Å²) in [5.74, 6) is -1.46. The van der Waals surface area contributed by atoms with Crippen LogP contribution in [0.3, 0.4) is 0 Å². The van der Waals surface area contributed by atoms with Crippen LogP contribution in [0.4, 0.5) is 5.13 Å². The van der Waals surface area contributed by atoms with Gasteiger partial charge in [0.05, 0.1) is 11.6 Å². The van der Waals surface area contributed by atoms with Gasteiger partial charge in [-0.1, -0.05) is 80.8 Å². The van der Waals surface area contributed by atoms with E-state index < -0.39 is 17.8 Å². The van der Waals surface area contributed by atoms with Crippen molar-refractivity contribution in [2.75, 3.05) is 5.32 Å². The molecule has 1 saturated carbocycles. The van der Waals surface area contributed by atoms with Gasteiger partial charge in [-0.05, 0) is 36.3 Å². The molecule has 1 unspecified atom stereocenters. The molecular formula is C28H31N3O3S. The number of rotatable bonds is 9. The van der Waals surface area contributed by atoms with Gasteiger partial charge in [0, 0.05) is 10.9 Å². The monoisotopic (exact) mass is 489 g/mol. The van der Waals surface area contributed by atoms with Gasteiger partial charge in [0.2, 0.25) is 5.91 Å². The average molecular weight is 490 g/mol. The lowest BCUT2D eigenvalue weighted by molar-refractivity contribution is -0.137. The number of carbonyl (C=O) groups is 2. The first-order valence-corrected chi connectivity index (χ1v) is 13.1. The summed E-state index contributed by atoms with van der Waals surface area (Å²) in [6.45, 7) is 1.83. The predicted octanol–water partition coefficient (Wildman–Crippen LogP) is 6.59. The quantitative estimate of drug-likeness (QED) is 0.262. The van der Waals surface area contributed by atoms with Gasteiger partial charge in [0.25, 0.3) is 0 Å². The molecule has 1 aliphatic carbocycles. The third kappa shape index (κ3) is 6.42. The van der Waals surface area contributed by atoms with Crippen LogP contribution in [-0.2, 0) is 20.9 Å². The fourth-order valence-electron chi connectivity index (χ4n) is 4.48. The Morgan fingerprint density at radius 1 is 1.09 bits per heavy atom. The minimum atomic E-state index is -0.902. The van der Waals surface area contributed by atoms with Crippen LogP contribution in [-0.4, -0.2) is 22.6 Å². The van der Waals surface area contributed by atoms with Crippen LogP contribution in [0, 0.1) is 11.3 Å². The number of carbonyl (C=O) groups excluding carboxylic acids is 2. The van der Waals surface area contributed by atoms with Gasteiger partial charge in [-0.2, -0.15) is 0 Å². The van der Waals surface area contributed by atoms with Crippen LogP contribution in [0.25, 0.3) is 11.3 Å². The van der Waals surface area contributed by atoms with Crippen molar-refractivity contribution in [3.8, 4) is 11.3 Å². The standard InChI is InChI=1S/C28H31N3O3S/c1-2-23(25(29)27(33)34-17-19-9-5-3-6-10-19)26(32)31-28-30-24(18-35-28)22-15-13-21(14-16-22)20-11-7-4-8-12-20/h3,5-6,9-10,13-16,18,20,23,29H,2,4,7-8,11-12,17H2,1H3,(H,30,31,32). The molecule has 4 rings (SSSR count). The Bertz CT molecular complexity index is 1150. The zero-order chi connectivity index (χ0) is 24.6. The van der Waals surface area contributed by atoms with E-state index in [0.717, 1.165) is 16.8 Å². The number of ether oxygens (including phenoxy) is 1. The van der Waals surface area contributed by atoms with E-state index in [1.54, 1.807) is 6.92 Å².